The molecule has 0 radical (unpaired) electrons. The van der Waals surface area contributed by atoms with Crippen molar-refractivity contribution in [3.05, 3.63) is 64.1 Å². The summed E-state index contributed by atoms with van der Waals surface area (Å²) in [5.41, 5.74) is 8.01. The van der Waals surface area contributed by atoms with Crippen LogP contribution in [0.4, 0.5) is 11.4 Å². The first-order valence-corrected chi connectivity index (χ1v) is 6.92. The maximum Gasteiger partial charge on any atom is 0.248 e. The van der Waals surface area contributed by atoms with E-state index in [-0.39, 0.29) is 5.91 Å². The van der Waals surface area contributed by atoms with Crippen molar-refractivity contribution in [3.8, 4) is 6.07 Å². The van der Waals surface area contributed by atoms with Crippen LogP contribution in [0.3, 0.4) is 0 Å². The second-order valence-corrected chi connectivity index (χ2v) is 5.21. The van der Waals surface area contributed by atoms with Gasteiger partial charge in [0.05, 0.1) is 11.3 Å². The van der Waals surface area contributed by atoms with Gasteiger partial charge in [-0.05, 0) is 42.0 Å². The van der Waals surface area contributed by atoms with Crippen molar-refractivity contribution >= 4 is 39.3 Å². The number of nitrogen functional groups attached to an aromatic ring is 1. The van der Waals surface area contributed by atoms with Gasteiger partial charge in [0, 0.05) is 16.2 Å². The van der Waals surface area contributed by atoms with Crippen molar-refractivity contribution in [2.75, 3.05) is 11.1 Å². The van der Waals surface area contributed by atoms with E-state index < -0.39 is 0 Å². The zero-order valence-corrected chi connectivity index (χ0v) is 12.6. The fourth-order valence-electron chi connectivity index (χ4n) is 1.73. The van der Waals surface area contributed by atoms with Gasteiger partial charge >= 0.3 is 0 Å². The van der Waals surface area contributed by atoms with E-state index in [0.29, 0.717) is 16.9 Å². The number of hydrogen-bond donors (Lipinski definition) is 2. The molecule has 0 fully saturated rings. The third-order valence-corrected chi connectivity index (χ3v) is 3.19. The average molecular weight is 342 g/mol. The number of anilines is 2. The number of nitrogens with zero attached hydrogens (tertiary/aromatic N) is 1. The van der Waals surface area contributed by atoms with Gasteiger partial charge in [-0.3, -0.25) is 4.79 Å². The van der Waals surface area contributed by atoms with Crippen LogP contribution in [0, 0.1) is 11.3 Å². The molecule has 5 heteroatoms. The maximum atomic E-state index is 11.9. The summed E-state index contributed by atoms with van der Waals surface area (Å²) in [5, 5.41) is 11.7. The van der Waals surface area contributed by atoms with E-state index >= 15 is 0 Å². The molecule has 0 atom stereocenters. The zero-order valence-electron chi connectivity index (χ0n) is 11.0. The van der Waals surface area contributed by atoms with E-state index in [1.807, 2.05) is 18.2 Å². The summed E-state index contributed by atoms with van der Waals surface area (Å²) in [5.74, 6) is -0.309. The Kier molecular flexibility index (Phi) is 4.75. The Morgan fingerprint density at radius 1 is 1.29 bits per heavy atom. The van der Waals surface area contributed by atoms with Crippen LogP contribution in [-0.4, -0.2) is 5.91 Å². The third kappa shape index (κ3) is 4.20. The minimum atomic E-state index is -0.309. The van der Waals surface area contributed by atoms with E-state index in [9.17, 15) is 4.79 Å². The Balaban J connectivity index is 2.11. The average Bonchev–Trinajstić information content (AvgIpc) is 2.47. The molecule has 4 nitrogen and oxygen atoms in total. The van der Waals surface area contributed by atoms with Gasteiger partial charge in [-0.1, -0.05) is 28.1 Å². The van der Waals surface area contributed by atoms with Crippen LogP contribution in [0.2, 0.25) is 0 Å². The fraction of sp³-hybridized carbons (Fsp3) is 0. The number of halogens is 1. The molecule has 0 saturated carbocycles. The molecular formula is C16H12BrN3O. The third-order valence-electron chi connectivity index (χ3n) is 2.70. The highest BCUT2D eigenvalue weighted by Crippen LogP contribution is 2.20. The zero-order chi connectivity index (χ0) is 15.2. The number of amides is 1. The molecule has 0 unspecified atom stereocenters. The summed E-state index contributed by atoms with van der Waals surface area (Å²) in [7, 11) is 0. The van der Waals surface area contributed by atoms with Gasteiger partial charge in [-0.25, -0.2) is 0 Å². The summed E-state index contributed by atoms with van der Waals surface area (Å²) in [6.45, 7) is 0. The molecular weight excluding hydrogens is 330 g/mol. The predicted octanol–water partition coefficient (Wildman–Crippen LogP) is 3.55. The van der Waals surface area contributed by atoms with Crippen LogP contribution in [0.1, 0.15) is 11.1 Å². The SMILES string of the molecule is N#Cc1cc(Br)ccc1NC(=O)/C=C/c1cccc(N)c1. The van der Waals surface area contributed by atoms with Crippen molar-refractivity contribution in [2.45, 2.75) is 0 Å². The Morgan fingerprint density at radius 2 is 2.10 bits per heavy atom. The second kappa shape index (κ2) is 6.73. The lowest BCUT2D eigenvalue weighted by molar-refractivity contribution is -0.111. The Labute approximate surface area is 131 Å². The predicted molar refractivity (Wildman–Crippen MR) is 87.4 cm³/mol. The molecule has 21 heavy (non-hydrogen) atoms. The van der Waals surface area contributed by atoms with Crippen LogP contribution in [0.25, 0.3) is 6.08 Å². The largest absolute Gasteiger partial charge is 0.399 e. The highest BCUT2D eigenvalue weighted by atomic mass is 79.9. The monoisotopic (exact) mass is 341 g/mol. The van der Waals surface area contributed by atoms with Crippen molar-refractivity contribution < 1.29 is 4.79 Å². The summed E-state index contributed by atoms with van der Waals surface area (Å²) in [4.78, 5) is 11.9. The molecule has 0 aliphatic carbocycles. The van der Waals surface area contributed by atoms with E-state index in [4.69, 9.17) is 11.0 Å². The molecule has 0 saturated heterocycles. The lowest BCUT2D eigenvalue weighted by Crippen LogP contribution is -2.09. The summed E-state index contributed by atoms with van der Waals surface area (Å²) >= 11 is 3.28. The number of carbonyl (C=O) groups excluding carboxylic acids is 1. The van der Waals surface area contributed by atoms with Gasteiger partial charge in [0.15, 0.2) is 0 Å². The topological polar surface area (TPSA) is 78.9 Å². The standard InChI is InChI=1S/C16H12BrN3O/c17-13-5-6-15(12(9-13)10-18)20-16(21)7-4-11-2-1-3-14(19)8-11/h1-9H,19H2,(H,20,21)/b7-4+. The van der Waals surface area contributed by atoms with Gasteiger partial charge in [-0.15, -0.1) is 0 Å². The van der Waals surface area contributed by atoms with Crippen molar-refractivity contribution in [1.82, 2.24) is 0 Å². The van der Waals surface area contributed by atoms with Crippen LogP contribution in [0.15, 0.2) is 53.0 Å². The number of nitriles is 1. The molecule has 0 aromatic heterocycles. The van der Waals surface area contributed by atoms with Gasteiger partial charge in [0.1, 0.15) is 6.07 Å². The molecule has 2 aromatic rings. The van der Waals surface area contributed by atoms with E-state index in [1.165, 1.54) is 6.08 Å². The highest BCUT2D eigenvalue weighted by molar-refractivity contribution is 9.10. The van der Waals surface area contributed by atoms with Crippen LogP contribution in [-0.2, 0) is 4.79 Å². The normalized spacial score (nSPS) is 10.3. The lowest BCUT2D eigenvalue weighted by atomic mass is 10.2. The minimum Gasteiger partial charge on any atom is -0.399 e. The first-order valence-electron chi connectivity index (χ1n) is 6.13. The van der Waals surface area contributed by atoms with Gasteiger partial charge in [0.2, 0.25) is 5.91 Å². The molecule has 0 bridgehead atoms. The van der Waals surface area contributed by atoms with Gasteiger partial charge in [0.25, 0.3) is 0 Å². The molecule has 1 amide bonds. The van der Waals surface area contributed by atoms with Gasteiger partial charge < -0.3 is 11.1 Å². The number of hydrogen-bond acceptors (Lipinski definition) is 3. The minimum absolute atomic E-state index is 0.309. The number of nitrogens with two attached hydrogens (primary N) is 1. The Bertz CT molecular complexity index is 747. The molecule has 2 aromatic carbocycles. The van der Waals surface area contributed by atoms with E-state index in [1.54, 1.807) is 36.4 Å². The number of benzene rings is 2. The summed E-state index contributed by atoms with van der Waals surface area (Å²) in [6, 6.07) is 14.3. The fourth-order valence-corrected chi connectivity index (χ4v) is 2.09. The van der Waals surface area contributed by atoms with Crippen molar-refractivity contribution in [1.29, 1.82) is 5.26 Å². The maximum absolute atomic E-state index is 11.9. The second-order valence-electron chi connectivity index (χ2n) is 4.29. The smallest absolute Gasteiger partial charge is 0.248 e. The van der Waals surface area contributed by atoms with Crippen LogP contribution in [0.5, 0.6) is 0 Å². The molecule has 2 rings (SSSR count). The Hall–Kier alpha value is -2.58. The summed E-state index contributed by atoms with van der Waals surface area (Å²) in [6.07, 6.45) is 3.06. The number of nitrogens with one attached hydrogen (secondary N) is 1. The molecule has 0 heterocycles. The first-order chi connectivity index (χ1) is 10.1. The molecule has 0 aliphatic heterocycles. The van der Waals surface area contributed by atoms with E-state index in [2.05, 4.69) is 21.2 Å². The van der Waals surface area contributed by atoms with Crippen LogP contribution >= 0.6 is 15.9 Å². The van der Waals surface area contributed by atoms with Crippen LogP contribution < -0.4 is 11.1 Å². The van der Waals surface area contributed by atoms with Crippen molar-refractivity contribution in [2.24, 2.45) is 0 Å². The molecule has 3 N–H and O–H groups in total. The van der Waals surface area contributed by atoms with Gasteiger partial charge in [-0.2, -0.15) is 5.26 Å². The Morgan fingerprint density at radius 3 is 2.81 bits per heavy atom. The van der Waals surface area contributed by atoms with E-state index in [0.717, 1.165) is 10.0 Å². The highest BCUT2D eigenvalue weighted by Gasteiger charge is 2.05. The first kappa shape index (κ1) is 14.8. The number of carbonyl (C=O) groups is 1. The summed E-state index contributed by atoms with van der Waals surface area (Å²) < 4.78 is 0.785. The lowest BCUT2D eigenvalue weighted by Gasteiger charge is -2.04. The molecule has 104 valence electrons. The van der Waals surface area contributed by atoms with Crippen molar-refractivity contribution in [3.63, 3.8) is 0 Å². The number of rotatable bonds is 3. The molecule has 0 spiro atoms. The quantitative estimate of drug-likeness (QED) is 0.661. The molecule has 0 aliphatic rings.